The fraction of sp³-hybridized carbons (Fsp3) is 0.500. The van der Waals surface area contributed by atoms with Gasteiger partial charge in [0, 0.05) is 6.92 Å². The number of esters is 2. The van der Waals surface area contributed by atoms with Crippen LogP contribution in [0.1, 0.15) is 37.4 Å². The lowest BCUT2D eigenvalue weighted by Gasteiger charge is -2.18. The fourth-order valence-corrected chi connectivity index (χ4v) is 1.95. The number of nitrogens with one attached hydrogen (secondary N) is 1. The van der Waals surface area contributed by atoms with E-state index in [1.165, 1.54) is 25.2 Å². The molecule has 0 radical (unpaired) electrons. The van der Waals surface area contributed by atoms with Gasteiger partial charge in [0.25, 0.3) is 5.91 Å². The Hall–Kier alpha value is -1.89. The van der Waals surface area contributed by atoms with E-state index in [2.05, 4.69) is 5.32 Å². The van der Waals surface area contributed by atoms with Gasteiger partial charge in [-0.1, -0.05) is 19.9 Å². The lowest BCUT2D eigenvalue weighted by Crippen LogP contribution is -2.41. The van der Waals surface area contributed by atoms with Crippen molar-refractivity contribution in [3.63, 3.8) is 0 Å². The lowest BCUT2D eigenvalue weighted by molar-refractivity contribution is -0.187. The molecule has 2 atom stereocenters. The second-order valence-corrected chi connectivity index (χ2v) is 5.72. The normalized spacial score (nSPS) is 13.4. The summed E-state index contributed by atoms with van der Waals surface area (Å²) in [6, 6.07) is 2.57. The Kier molecular flexibility index (Phi) is 6.36. The van der Waals surface area contributed by atoms with Gasteiger partial charge in [0.05, 0.1) is 10.8 Å². The van der Waals surface area contributed by atoms with Gasteiger partial charge < -0.3 is 14.8 Å². The van der Waals surface area contributed by atoms with Crippen molar-refractivity contribution in [2.45, 2.75) is 40.0 Å². The van der Waals surface area contributed by atoms with E-state index < -0.39 is 24.3 Å². The van der Waals surface area contributed by atoms with Crippen LogP contribution in [0, 0.1) is 5.92 Å². The minimum atomic E-state index is -0.992. The number of hydrogen-bond acceptors (Lipinski definition) is 6. The maximum Gasteiger partial charge on any atom is 0.331 e. The molecule has 0 aliphatic rings. The summed E-state index contributed by atoms with van der Waals surface area (Å²) in [6.07, 6.45) is -0.992. The summed E-state index contributed by atoms with van der Waals surface area (Å²) in [7, 11) is 0. The van der Waals surface area contributed by atoms with Crippen LogP contribution in [0.3, 0.4) is 0 Å². The SMILES string of the molecule is CC(OC(=O)C(C)C)OC(=O)C(C)NC(=O)c1cccs1. The van der Waals surface area contributed by atoms with Gasteiger partial charge in [0.15, 0.2) is 0 Å². The molecule has 1 heterocycles. The van der Waals surface area contributed by atoms with Crippen molar-refractivity contribution in [2.75, 3.05) is 0 Å². The summed E-state index contributed by atoms with van der Waals surface area (Å²) < 4.78 is 9.88. The predicted molar refractivity (Wildman–Crippen MR) is 77.7 cm³/mol. The molecule has 1 N–H and O–H groups in total. The molecule has 116 valence electrons. The van der Waals surface area contributed by atoms with Gasteiger partial charge in [0.2, 0.25) is 6.29 Å². The minimum Gasteiger partial charge on any atom is -0.425 e. The van der Waals surface area contributed by atoms with E-state index in [4.69, 9.17) is 9.47 Å². The highest BCUT2D eigenvalue weighted by Crippen LogP contribution is 2.09. The van der Waals surface area contributed by atoms with Crippen molar-refractivity contribution < 1.29 is 23.9 Å². The van der Waals surface area contributed by atoms with Crippen molar-refractivity contribution in [3.05, 3.63) is 22.4 Å². The Morgan fingerprint density at radius 2 is 1.71 bits per heavy atom. The van der Waals surface area contributed by atoms with E-state index in [1.54, 1.807) is 31.4 Å². The number of carbonyl (C=O) groups is 3. The van der Waals surface area contributed by atoms with Crippen LogP contribution in [-0.2, 0) is 19.1 Å². The Morgan fingerprint density at radius 1 is 1.10 bits per heavy atom. The number of carbonyl (C=O) groups excluding carboxylic acids is 3. The summed E-state index contributed by atoms with van der Waals surface area (Å²) >= 11 is 1.28. The Morgan fingerprint density at radius 3 is 2.24 bits per heavy atom. The van der Waals surface area contributed by atoms with Crippen LogP contribution in [0.15, 0.2) is 17.5 Å². The molecule has 0 aliphatic carbocycles. The lowest BCUT2D eigenvalue weighted by atomic mass is 10.2. The van der Waals surface area contributed by atoms with Crippen molar-refractivity contribution in [3.8, 4) is 0 Å². The quantitative estimate of drug-likeness (QED) is 0.641. The van der Waals surface area contributed by atoms with Gasteiger partial charge in [-0.15, -0.1) is 11.3 Å². The first-order valence-electron chi connectivity index (χ1n) is 6.56. The minimum absolute atomic E-state index is 0.304. The maximum absolute atomic E-state index is 11.8. The Labute approximate surface area is 127 Å². The van der Waals surface area contributed by atoms with Gasteiger partial charge in [0.1, 0.15) is 6.04 Å². The van der Waals surface area contributed by atoms with Gasteiger partial charge in [-0.25, -0.2) is 4.79 Å². The molecule has 2 unspecified atom stereocenters. The number of hydrogen-bond donors (Lipinski definition) is 1. The molecule has 0 saturated carbocycles. The summed E-state index contributed by atoms with van der Waals surface area (Å²) in [4.78, 5) is 35.4. The molecule has 0 fully saturated rings. The first-order chi connectivity index (χ1) is 9.81. The molecule has 1 aromatic heterocycles. The van der Waals surface area contributed by atoms with Crippen molar-refractivity contribution >= 4 is 29.2 Å². The van der Waals surface area contributed by atoms with Gasteiger partial charge >= 0.3 is 11.9 Å². The zero-order valence-corrected chi connectivity index (χ0v) is 13.2. The second-order valence-electron chi connectivity index (χ2n) is 4.77. The number of rotatable bonds is 6. The summed E-state index contributed by atoms with van der Waals surface area (Å²) in [5, 5.41) is 4.29. The molecular formula is C14H19NO5S. The smallest absolute Gasteiger partial charge is 0.331 e. The highest BCUT2D eigenvalue weighted by molar-refractivity contribution is 7.12. The van der Waals surface area contributed by atoms with Crippen LogP contribution in [0.25, 0.3) is 0 Å². The molecule has 1 aromatic rings. The highest BCUT2D eigenvalue weighted by atomic mass is 32.1. The molecule has 0 saturated heterocycles. The van der Waals surface area contributed by atoms with Crippen LogP contribution in [-0.4, -0.2) is 30.2 Å². The third kappa shape index (κ3) is 5.55. The van der Waals surface area contributed by atoms with E-state index in [0.717, 1.165) is 0 Å². The first-order valence-corrected chi connectivity index (χ1v) is 7.44. The average Bonchev–Trinajstić information content (AvgIpc) is 2.91. The van der Waals surface area contributed by atoms with Crippen LogP contribution in [0.2, 0.25) is 0 Å². The zero-order chi connectivity index (χ0) is 16.0. The maximum atomic E-state index is 11.8. The summed E-state index contributed by atoms with van der Waals surface area (Å²) in [5.74, 6) is -1.77. The molecular weight excluding hydrogens is 294 g/mol. The van der Waals surface area contributed by atoms with Crippen molar-refractivity contribution in [2.24, 2.45) is 5.92 Å². The largest absolute Gasteiger partial charge is 0.425 e. The molecule has 0 aromatic carbocycles. The van der Waals surface area contributed by atoms with Crippen LogP contribution in [0.5, 0.6) is 0 Å². The van der Waals surface area contributed by atoms with E-state index in [0.29, 0.717) is 4.88 Å². The summed E-state index contributed by atoms with van der Waals surface area (Å²) in [5.41, 5.74) is 0. The standard InChI is InChI=1S/C14H19NO5S/c1-8(2)13(17)19-10(4)20-14(18)9(3)15-12(16)11-6-5-7-21-11/h5-10H,1-4H3,(H,15,16). The highest BCUT2D eigenvalue weighted by Gasteiger charge is 2.22. The summed E-state index contributed by atoms with van der Waals surface area (Å²) in [6.45, 7) is 6.32. The Bertz CT molecular complexity index is 497. The Balaban J connectivity index is 2.44. The second kappa shape index (κ2) is 7.78. The third-order valence-corrected chi connectivity index (χ3v) is 3.35. The zero-order valence-electron chi connectivity index (χ0n) is 12.4. The number of ether oxygens (including phenoxy) is 2. The molecule has 6 nitrogen and oxygen atoms in total. The van der Waals surface area contributed by atoms with E-state index in [1.807, 2.05) is 0 Å². The average molecular weight is 313 g/mol. The molecule has 21 heavy (non-hydrogen) atoms. The van der Waals surface area contributed by atoms with E-state index in [9.17, 15) is 14.4 Å². The predicted octanol–water partition coefficient (Wildman–Crippen LogP) is 1.95. The molecule has 7 heteroatoms. The fourth-order valence-electron chi connectivity index (χ4n) is 1.32. The number of amides is 1. The topological polar surface area (TPSA) is 81.7 Å². The van der Waals surface area contributed by atoms with Crippen molar-refractivity contribution in [1.82, 2.24) is 5.32 Å². The molecule has 1 rings (SSSR count). The monoisotopic (exact) mass is 313 g/mol. The molecule has 0 spiro atoms. The van der Waals surface area contributed by atoms with Crippen LogP contribution >= 0.6 is 11.3 Å². The molecule has 0 aliphatic heterocycles. The van der Waals surface area contributed by atoms with E-state index >= 15 is 0 Å². The van der Waals surface area contributed by atoms with Gasteiger partial charge in [-0.2, -0.15) is 0 Å². The molecule has 1 amide bonds. The molecule has 0 bridgehead atoms. The number of thiophene rings is 1. The van der Waals surface area contributed by atoms with Gasteiger partial charge in [-0.3, -0.25) is 9.59 Å². The van der Waals surface area contributed by atoms with Gasteiger partial charge in [-0.05, 0) is 18.4 Å². The van der Waals surface area contributed by atoms with E-state index in [-0.39, 0.29) is 11.8 Å². The van der Waals surface area contributed by atoms with Crippen LogP contribution in [0.4, 0.5) is 0 Å². The van der Waals surface area contributed by atoms with Crippen molar-refractivity contribution in [1.29, 1.82) is 0 Å². The third-order valence-electron chi connectivity index (χ3n) is 2.48. The van der Waals surface area contributed by atoms with Crippen LogP contribution < -0.4 is 5.32 Å². The first kappa shape index (κ1) is 17.2.